The van der Waals surface area contributed by atoms with Crippen LogP contribution in [0.1, 0.15) is 22.8 Å². The summed E-state index contributed by atoms with van der Waals surface area (Å²) in [5, 5.41) is 9.11. The van der Waals surface area contributed by atoms with Crippen molar-refractivity contribution in [3.8, 4) is 6.07 Å². The highest BCUT2D eigenvalue weighted by molar-refractivity contribution is 7.89. The molecule has 28 heavy (non-hydrogen) atoms. The number of nitrogens with zero attached hydrogens (tertiary/aromatic N) is 3. The van der Waals surface area contributed by atoms with Crippen molar-refractivity contribution in [1.29, 1.82) is 5.26 Å². The molecule has 0 aliphatic carbocycles. The van der Waals surface area contributed by atoms with Crippen molar-refractivity contribution < 1.29 is 22.0 Å². The third kappa shape index (κ3) is 3.74. The van der Waals surface area contributed by atoms with Gasteiger partial charge in [0.05, 0.1) is 11.6 Å². The number of piperazine rings is 1. The summed E-state index contributed by atoms with van der Waals surface area (Å²) in [4.78, 5) is 13.0. The van der Waals surface area contributed by atoms with Crippen LogP contribution in [0.4, 0.5) is 14.5 Å². The molecule has 0 amide bonds. The van der Waals surface area contributed by atoms with Gasteiger partial charge in [-0.1, -0.05) is 0 Å². The lowest BCUT2D eigenvalue weighted by Crippen LogP contribution is -2.49. The number of ketones is 1. The number of carbonyl (C=O) groups is 1. The highest BCUT2D eigenvalue weighted by Gasteiger charge is 2.31. The molecule has 2 aromatic rings. The number of nitriles is 1. The van der Waals surface area contributed by atoms with Gasteiger partial charge in [0, 0.05) is 37.4 Å². The Balaban J connectivity index is 1.85. The molecule has 6 nitrogen and oxygen atoms in total. The quantitative estimate of drug-likeness (QED) is 0.731. The normalized spacial score (nSPS) is 15.3. The van der Waals surface area contributed by atoms with E-state index in [9.17, 15) is 22.0 Å². The monoisotopic (exact) mass is 405 g/mol. The number of benzene rings is 2. The van der Waals surface area contributed by atoms with E-state index in [4.69, 9.17) is 5.26 Å². The van der Waals surface area contributed by atoms with Crippen LogP contribution in [0.15, 0.2) is 41.3 Å². The Bertz CT molecular complexity index is 1070. The minimum absolute atomic E-state index is 0.0341. The van der Waals surface area contributed by atoms with Crippen molar-refractivity contribution >= 4 is 21.5 Å². The lowest BCUT2D eigenvalue weighted by Gasteiger charge is -2.36. The molecule has 1 aliphatic rings. The summed E-state index contributed by atoms with van der Waals surface area (Å²) in [5.41, 5.74) is 1.38. The Labute approximate surface area is 161 Å². The molecular weight excluding hydrogens is 388 g/mol. The van der Waals surface area contributed by atoms with Gasteiger partial charge in [0.2, 0.25) is 10.0 Å². The van der Waals surface area contributed by atoms with Crippen LogP contribution in [-0.2, 0) is 10.0 Å². The summed E-state index contributed by atoms with van der Waals surface area (Å²) in [5.74, 6) is -2.01. The van der Waals surface area contributed by atoms with Gasteiger partial charge >= 0.3 is 0 Å². The van der Waals surface area contributed by atoms with E-state index in [1.165, 1.54) is 6.92 Å². The first-order chi connectivity index (χ1) is 13.2. The Hall–Kier alpha value is -2.83. The first-order valence-corrected chi connectivity index (χ1v) is 9.93. The highest BCUT2D eigenvalue weighted by Crippen LogP contribution is 2.27. The van der Waals surface area contributed by atoms with E-state index < -0.39 is 26.6 Å². The number of halogens is 2. The molecule has 0 radical (unpaired) electrons. The van der Waals surface area contributed by atoms with Crippen LogP contribution in [-0.4, -0.2) is 44.7 Å². The molecule has 0 aromatic heterocycles. The van der Waals surface area contributed by atoms with E-state index in [0.717, 1.165) is 16.4 Å². The van der Waals surface area contributed by atoms with Crippen molar-refractivity contribution in [3.05, 3.63) is 59.2 Å². The summed E-state index contributed by atoms with van der Waals surface area (Å²) >= 11 is 0. The Kier molecular flexibility index (Phi) is 5.45. The smallest absolute Gasteiger partial charge is 0.246 e. The molecule has 1 saturated heterocycles. The first kappa shape index (κ1) is 19.9. The molecule has 146 valence electrons. The van der Waals surface area contributed by atoms with E-state index in [-0.39, 0.29) is 32.0 Å². The van der Waals surface area contributed by atoms with Gasteiger partial charge in [-0.3, -0.25) is 4.79 Å². The number of Topliss-reactive ketones (excluding diaryl/α,β-unsaturated/α-hetero) is 1. The SMILES string of the molecule is CC(=O)c1ccc(C#N)cc1N1CCN(S(=O)(=O)c2cc(F)ccc2F)CC1. The van der Waals surface area contributed by atoms with Crippen LogP contribution in [0.25, 0.3) is 0 Å². The van der Waals surface area contributed by atoms with E-state index >= 15 is 0 Å². The fraction of sp³-hybridized carbons (Fsp3) is 0.263. The van der Waals surface area contributed by atoms with E-state index in [2.05, 4.69) is 0 Å². The molecule has 1 aliphatic heterocycles. The topological polar surface area (TPSA) is 81.5 Å². The molecule has 0 N–H and O–H groups in total. The van der Waals surface area contributed by atoms with Gasteiger partial charge in [-0.15, -0.1) is 0 Å². The van der Waals surface area contributed by atoms with Crippen molar-refractivity contribution in [2.24, 2.45) is 0 Å². The average Bonchev–Trinajstić information content (AvgIpc) is 2.69. The fourth-order valence-corrected chi connectivity index (χ4v) is 4.64. The maximum absolute atomic E-state index is 13.9. The van der Waals surface area contributed by atoms with Gasteiger partial charge in [0.15, 0.2) is 5.78 Å². The van der Waals surface area contributed by atoms with Crippen LogP contribution in [0.2, 0.25) is 0 Å². The second-order valence-corrected chi connectivity index (χ2v) is 8.27. The van der Waals surface area contributed by atoms with Gasteiger partial charge in [0.1, 0.15) is 16.5 Å². The summed E-state index contributed by atoms with van der Waals surface area (Å²) in [6, 6.07) is 9.04. The largest absolute Gasteiger partial charge is 0.368 e. The number of anilines is 1. The van der Waals surface area contributed by atoms with E-state index in [1.54, 1.807) is 18.2 Å². The lowest BCUT2D eigenvalue weighted by molar-refractivity contribution is 0.101. The van der Waals surface area contributed by atoms with Crippen LogP contribution < -0.4 is 4.90 Å². The van der Waals surface area contributed by atoms with Crippen LogP contribution in [0, 0.1) is 23.0 Å². The molecule has 2 aromatic carbocycles. The predicted molar refractivity (Wildman–Crippen MR) is 98.5 cm³/mol. The first-order valence-electron chi connectivity index (χ1n) is 8.49. The molecule has 1 heterocycles. The zero-order valence-electron chi connectivity index (χ0n) is 15.0. The number of hydrogen-bond donors (Lipinski definition) is 0. The highest BCUT2D eigenvalue weighted by atomic mass is 32.2. The molecule has 0 saturated carbocycles. The number of hydrogen-bond acceptors (Lipinski definition) is 5. The Morgan fingerprint density at radius 2 is 1.75 bits per heavy atom. The van der Waals surface area contributed by atoms with E-state index in [0.29, 0.717) is 22.9 Å². The molecule has 3 rings (SSSR count). The van der Waals surface area contributed by atoms with Gasteiger partial charge in [-0.25, -0.2) is 17.2 Å². The van der Waals surface area contributed by atoms with Crippen LogP contribution in [0.5, 0.6) is 0 Å². The fourth-order valence-electron chi connectivity index (χ4n) is 3.14. The maximum Gasteiger partial charge on any atom is 0.246 e. The predicted octanol–water partition coefficient (Wildman–Crippen LogP) is 2.55. The second-order valence-electron chi connectivity index (χ2n) is 6.37. The minimum Gasteiger partial charge on any atom is -0.368 e. The summed E-state index contributed by atoms with van der Waals surface area (Å²) < 4.78 is 53.8. The Morgan fingerprint density at radius 1 is 1.07 bits per heavy atom. The van der Waals surface area contributed by atoms with Crippen LogP contribution >= 0.6 is 0 Å². The van der Waals surface area contributed by atoms with Crippen molar-refractivity contribution in [1.82, 2.24) is 4.31 Å². The summed E-state index contributed by atoms with van der Waals surface area (Å²) in [6.45, 7) is 1.97. The molecule has 0 spiro atoms. The molecule has 0 unspecified atom stereocenters. The third-order valence-electron chi connectivity index (χ3n) is 4.60. The third-order valence-corrected chi connectivity index (χ3v) is 6.51. The lowest BCUT2D eigenvalue weighted by atomic mass is 10.0. The maximum atomic E-state index is 13.9. The molecule has 0 bridgehead atoms. The van der Waals surface area contributed by atoms with Crippen LogP contribution in [0.3, 0.4) is 0 Å². The second kappa shape index (κ2) is 7.66. The number of sulfonamides is 1. The molecule has 9 heteroatoms. The zero-order chi connectivity index (χ0) is 20.5. The van der Waals surface area contributed by atoms with Crippen molar-refractivity contribution in [2.45, 2.75) is 11.8 Å². The summed E-state index contributed by atoms with van der Waals surface area (Å²) in [7, 11) is -4.19. The van der Waals surface area contributed by atoms with Gasteiger partial charge in [-0.05, 0) is 43.3 Å². The van der Waals surface area contributed by atoms with Gasteiger partial charge in [-0.2, -0.15) is 9.57 Å². The summed E-state index contributed by atoms with van der Waals surface area (Å²) in [6.07, 6.45) is 0. The molecular formula is C19H17F2N3O3S. The minimum atomic E-state index is -4.19. The van der Waals surface area contributed by atoms with E-state index in [1.807, 2.05) is 11.0 Å². The average molecular weight is 405 g/mol. The Morgan fingerprint density at radius 3 is 2.36 bits per heavy atom. The van der Waals surface area contributed by atoms with Crippen molar-refractivity contribution in [2.75, 3.05) is 31.1 Å². The zero-order valence-corrected chi connectivity index (χ0v) is 15.8. The molecule has 0 atom stereocenters. The molecule has 1 fully saturated rings. The number of carbonyl (C=O) groups excluding carboxylic acids is 1. The van der Waals surface area contributed by atoms with Crippen molar-refractivity contribution in [3.63, 3.8) is 0 Å². The van der Waals surface area contributed by atoms with Gasteiger partial charge < -0.3 is 4.90 Å². The standard InChI is InChI=1S/C19H17F2N3O3S/c1-13(25)16-4-2-14(12-22)10-18(16)23-6-8-24(9-7-23)28(26,27)19-11-15(20)3-5-17(19)21/h2-5,10-11H,6-9H2,1H3. The van der Waals surface area contributed by atoms with Gasteiger partial charge in [0.25, 0.3) is 0 Å². The number of rotatable bonds is 4.